The van der Waals surface area contributed by atoms with Crippen LogP contribution in [0.5, 0.6) is 0 Å². The van der Waals surface area contributed by atoms with Gasteiger partial charge in [0.15, 0.2) is 0 Å². The third-order valence-corrected chi connectivity index (χ3v) is 3.47. The van der Waals surface area contributed by atoms with Gasteiger partial charge in [0.25, 0.3) is 0 Å². The third-order valence-electron chi connectivity index (χ3n) is 3.47. The Morgan fingerprint density at radius 1 is 1.12 bits per heavy atom. The van der Waals surface area contributed by atoms with Crippen LogP contribution in [0.15, 0.2) is 60.3 Å². The second-order valence-corrected chi connectivity index (χ2v) is 4.39. The smallest absolute Gasteiger partial charge is 0.0749 e. The van der Waals surface area contributed by atoms with Crippen molar-refractivity contribution in [3.63, 3.8) is 0 Å². The molecule has 1 unspecified atom stereocenters. The largest absolute Gasteiger partial charge is 0.280 e. The summed E-state index contributed by atoms with van der Waals surface area (Å²) in [5, 5.41) is 4.69. The van der Waals surface area contributed by atoms with E-state index in [-0.39, 0.29) is 0 Å². The zero-order valence-corrected chi connectivity index (χ0v) is 8.88. The van der Waals surface area contributed by atoms with E-state index in [1.807, 2.05) is 0 Å². The monoisotopic (exact) mass is 208 g/mol. The summed E-state index contributed by atoms with van der Waals surface area (Å²) in [7, 11) is 0. The molecule has 2 aliphatic heterocycles. The Balaban J connectivity index is 1.85. The molecule has 16 heavy (non-hydrogen) atoms. The van der Waals surface area contributed by atoms with Crippen molar-refractivity contribution in [2.24, 2.45) is 0 Å². The number of hydrogen-bond donors (Lipinski definition) is 0. The van der Waals surface area contributed by atoms with E-state index in [0.29, 0.717) is 6.04 Å². The van der Waals surface area contributed by atoms with Crippen LogP contribution in [-0.4, -0.2) is 11.1 Å². The summed E-state index contributed by atoms with van der Waals surface area (Å²) in [6.07, 6.45) is 11.0. The molecular weight excluding hydrogens is 196 g/mol. The molecular formula is C14H12N2. The van der Waals surface area contributed by atoms with Crippen molar-refractivity contribution >= 4 is 5.69 Å². The molecule has 3 aliphatic rings. The van der Waals surface area contributed by atoms with Crippen molar-refractivity contribution in [2.45, 2.75) is 12.6 Å². The first-order valence-electron chi connectivity index (χ1n) is 5.64. The normalized spacial score (nSPS) is 25.4. The number of anilines is 1. The Labute approximate surface area is 94.8 Å². The van der Waals surface area contributed by atoms with Crippen LogP contribution in [0.2, 0.25) is 0 Å². The predicted octanol–water partition coefficient (Wildman–Crippen LogP) is 2.62. The van der Waals surface area contributed by atoms with Gasteiger partial charge < -0.3 is 0 Å². The zero-order chi connectivity index (χ0) is 10.5. The Kier molecular flexibility index (Phi) is 1.50. The first-order chi connectivity index (χ1) is 7.93. The summed E-state index contributed by atoms with van der Waals surface area (Å²) in [6.45, 7) is 1.01. The van der Waals surface area contributed by atoms with Gasteiger partial charge in [-0.1, -0.05) is 42.5 Å². The lowest BCUT2D eigenvalue weighted by molar-refractivity contribution is 0.289. The summed E-state index contributed by atoms with van der Waals surface area (Å²) < 4.78 is 0. The fourth-order valence-corrected chi connectivity index (χ4v) is 2.71. The van der Waals surface area contributed by atoms with Gasteiger partial charge in [0.05, 0.1) is 11.7 Å². The van der Waals surface area contributed by atoms with Crippen LogP contribution in [-0.2, 0) is 6.54 Å². The summed E-state index contributed by atoms with van der Waals surface area (Å²) in [4.78, 5) is 0. The van der Waals surface area contributed by atoms with Crippen molar-refractivity contribution in [1.82, 2.24) is 5.01 Å². The molecule has 0 spiro atoms. The molecule has 0 saturated carbocycles. The highest BCUT2D eigenvalue weighted by Crippen LogP contribution is 2.39. The van der Waals surface area contributed by atoms with Crippen molar-refractivity contribution in [1.29, 1.82) is 0 Å². The number of rotatable bonds is 0. The molecule has 1 atom stereocenters. The van der Waals surface area contributed by atoms with Crippen LogP contribution in [0.25, 0.3) is 0 Å². The third kappa shape index (κ3) is 0.947. The number of benzene rings is 1. The van der Waals surface area contributed by atoms with Gasteiger partial charge in [-0.3, -0.25) is 5.01 Å². The average molecular weight is 208 g/mol. The van der Waals surface area contributed by atoms with Crippen molar-refractivity contribution in [3.05, 3.63) is 65.9 Å². The molecule has 2 nitrogen and oxygen atoms in total. The molecule has 1 aromatic carbocycles. The van der Waals surface area contributed by atoms with Crippen LogP contribution in [0.4, 0.5) is 5.69 Å². The molecule has 0 fully saturated rings. The van der Waals surface area contributed by atoms with E-state index < -0.39 is 0 Å². The van der Waals surface area contributed by atoms with Gasteiger partial charge in [-0.15, -0.1) is 0 Å². The number of hydrogen-bond acceptors (Lipinski definition) is 2. The Bertz CT molecular complexity index is 539. The number of hydrazine groups is 1. The Morgan fingerprint density at radius 2 is 2.06 bits per heavy atom. The number of fused-ring (bicyclic) bond motifs is 5. The highest BCUT2D eigenvalue weighted by molar-refractivity contribution is 5.62. The van der Waals surface area contributed by atoms with Crippen LogP contribution in [0.3, 0.4) is 0 Å². The van der Waals surface area contributed by atoms with Crippen molar-refractivity contribution in [2.75, 3.05) is 5.01 Å². The fraction of sp³-hybridized carbons (Fsp3) is 0.143. The van der Waals surface area contributed by atoms with Crippen LogP contribution >= 0.6 is 0 Å². The maximum atomic E-state index is 2.40. The first-order valence-corrected chi connectivity index (χ1v) is 5.64. The number of nitrogens with zero attached hydrogens (tertiary/aromatic N) is 2. The molecule has 0 bridgehead atoms. The molecule has 0 radical (unpaired) electrons. The minimum absolute atomic E-state index is 0.428. The van der Waals surface area contributed by atoms with Crippen molar-refractivity contribution in [3.8, 4) is 0 Å². The minimum Gasteiger partial charge on any atom is -0.280 e. The molecule has 2 heteroatoms. The zero-order valence-electron chi connectivity index (χ0n) is 8.88. The summed E-state index contributed by atoms with van der Waals surface area (Å²) in [5.74, 6) is 0. The quantitative estimate of drug-likeness (QED) is 0.646. The fourth-order valence-electron chi connectivity index (χ4n) is 2.71. The second kappa shape index (κ2) is 2.86. The Morgan fingerprint density at radius 3 is 3.06 bits per heavy atom. The van der Waals surface area contributed by atoms with E-state index in [2.05, 4.69) is 64.8 Å². The summed E-state index contributed by atoms with van der Waals surface area (Å²) in [6, 6.07) is 9.05. The lowest BCUT2D eigenvalue weighted by Crippen LogP contribution is -2.35. The standard InChI is InChI=1S/C14H12N2/c1-3-7-13-11(5-1)9-15-14-8-4-2-6-12(14)10-16(13)15/h1-9,13H,10H2. The lowest BCUT2D eigenvalue weighted by atomic mass is 10.0. The van der Waals surface area contributed by atoms with Crippen LogP contribution < -0.4 is 5.01 Å². The maximum Gasteiger partial charge on any atom is 0.0749 e. The molecule has 0 amide bonds. The van der Waals surface area contributed by atoms with Gasteiger partial charge in [-0.25, -0.2) is 5.01 Å². The molecule has 0 N–H and O–H groups in total. The number of allylic oxidation sites excluding steroid dienone is 2. The van der Waals surface area contributed by atoms with E-state index >= 15 is 0 Å². The minimum atomic E-state index is 0.428. The topological polar surface area (TPSA) is 6.48 Å². The van der Waals surface area contributed by atoms with E-state index in [0.717, 1.165) is 6.54 Å². The van der Waals surface area contributed by atoms with Gasteiger partial charge in [0, 0.05) is 12.7 Å². The molecule has 1 aliphatic carbocycles. The van der Waals surface area contributed by atoms with Gasteiger partial charge in [0.2, 0.25) is 0 Å². The van der Waals surface area contributed by atoms with Crippen molar-refractivity contribution < 1.29 is 0 Å². The van der Waals surface area contributed by atoms with E-state index in [1.54, 1.807) is 0 Å². The highest BCUT2D eigenvalue weighted by atomic mass is 15.7. The molecule has 0 saturated heterocycles. The van der Waals surface area contributed by atoms with E-state index in [4.69, 9.17) is 0 Å². The SMILES string of the molecule is C1=CC2=CN3c4ccccc4CN3C2C=C1. The molecule has 78 valence electrons. The maximum absolute atomic E-state index is 2.40. The summed E-state index contributed by atoms with van der Waals surface area (Å²) >= 11 is 0. The van der Waals surface area contributed by atoms with Gasteiger partial charge in [0.1, 0.15) is 0 Å². The molecule has 0 aromatic heterocycles. The van der Waals surface area contributed by atoms with Gasteiger partial charge >= 0.3 is 0 Å². The van der Waals surface area contributed by atoms with E-state index in [9.17, 15) is 0 Å². The van der Waals surface area contributed by atoms with Gasteiger partial charge in [-0.05, 0) is 17.2 Å². The number of para-hydroxylation sites is 1. The molecule has 2 heterocycles. The second-order valence-electron chi connectivity index (χ2n) is 4.39. The Hall–Kier alpha value is -1.80. The highest BCUT2D eigenvalue weighted by Gasteiger charge is 2.37. The molecule has 4 rings (SSSR count). The predicted molar refractivity (Wildman–Crippen MR) is 64.6 cm³/mol. The van der Waals surface area contributed by atoms with Crippen LogP contribution in [0.1, 0.15) is 5.56 Å². The van der Waals surface area contributed by atoms with E-state index in [1.165, 1.54) is 16.8 Å². The van der Waals surface area contributed by atoms with Crippen LogP contribution in [0, 0.1) is 0 Å². The lowest BCUT2D eigenvalue weighted by Gasteiger charge is -2.26. The van der Waals surface area contributed by atoms with Gasteiger partial charge in [-0.2, -0.15) is 0 Å². The first kappa shape index (κ1) is 8.36. The summed E-state index contributed by atoms with van der Waals surface area (Å²) in [5.41, 5.74) is 4.13. The molecule has 1 aromatic rings. The average Bonchev–Trinajstić information content (AvgIpc) is 2.85.